The fraction of sp³-hybridized carbons (Fsp3) is 0.333. The summed E-state index contributed by atoms with van der Waals surface area (Å²) < 4.78 is 7.36. The number of carbonyl (C=O) groups is 1. The van der Waals surface area contributed by atoms with Crippen LogP contribution in [0.25, 0.3) is 33.2 Å². The number of aryl methyl sites for hydroxylation is 1. The summed E-state index contributed by atoms with van der Waals surface area (Å²) in [5.74, 6) is 1.04. The first-order valence-electron chi connectivity index (χ1n) is 9.81. The first-order chi connectivity index (χ1) is 14.3. The number of benzene rings is 1. The molecule has 0 spiro atoms. The van der Waals surface area contributed by atoms with E-state index in [2.05, 4.69) is 25.5 Å². The minimum absolute atomic E-state index is 0.227. The Morgan fingerprint density at radius 3 is 2.73 bits per heavy atom. The quantitative estimate of drug-likeness (QED) is 0.475. The Balaban J connectivity index is 1.76. The normalized spacial score (nSPS) is 11.9. The van der Waals surface area contributed by atoms with E-state index in [0.29, 0.717) is 23.7 Å². The third-order valence-corrected chi connectivity index (χ3v) is 4.70. The molecular formula is C21H25N7O2. The lowest BCUT2D eigenvalue weighted by Gasteiger charge is -2.19. The van der Waals surface area contributed by atoms with Crippen LogP contribution in [0.1, 0.15) is 33.5 Å². The van der Waals surface area contributed by atoms with Gasteiger partial charge in [0.15, 0.2) is 5.82 Å². The zero-order valence-corrected chi connectivity index (χ0v) is 17.5. The molecule has 4 N–H and O–H groups in total. The number of rotatable bonds is 4. The Morgan fingerprint density at radius 2 is 2.07 bits per heavy atom. The monoisotopic (exact) mass is 407 g/mol. The van der Waals surface area contributed by atoms with Crippen molar-refractivity contribution in [3.8, 4) is 11.3 Å². The summed E-state index contributed by atoms with van der Waals surface area (Å²) in [6, 6.07) is 7.90. The van der Waals surface area contributed by atoms with Crippen LogP contribution in [0.5, 0.6) is 0 Å². The lowest BCUT2D eigenvalue weighted by molar-refractivity contribution is 0.0521. The molecule has 0 unspecified atom stereocenters. The van der Waals surface area contributed by atoms with Crippen LogP contribution in [0.2, 0.25) is 0 Å². The van der Waals surface area contributed by atoms with Crippen LogP contribution in [0.4, 0.5) is 10.6 Å². The second-order valence-electron chi connectivity index (χ2n) is 8.02. The summed E-state index contributed by atoms with van der Waals surface area (Å²) in [6.07, 6.45) is 1.22. The average molecular weight is 407 g/mol. The number of nitrogens with two attached hydrogens (primary N) is 1. The molecule has 156 valence electrons. The van der Waals surface area contributed by atoms with Gasteiger partial charge in [0.1, 0.15) is 16.9 Å². The maximum atomic E-state index is 12.1. The number of hydrogen-bond donors (Lipinski definition) is 3. The number of nitrogens with zero attached hydrogens (tertiary/aromatic N) is 4. The van der Waals surface area contributed by atoms with E-state index in [1.54, 1.807) is 6.20 Å². The molecule has 3 aromatic heterocycles. The first kappa shape index (κ1) is 19.7. The third-order valence-electron chi connectivity index (χ3n) is 4.70. The van der Waals surface area contributed by atoms with Gasteiger partial charge in [-0.05, 0) is 45.9 Å². The number of aromatic nitrogens is 5. The molecule has 4 rings (SSSR count). The lowest BCUT2D eigenvalue weighted by atomic mass is 10.1. The van der Waals surface area contributed by atoms with E-state index in [4.69, 9.17) is 10.5 Å². The molecule has 0 fully saturated rings. The fourth-order valence-electron chi connectivity index (χ4n) is 3.48. The van der Waals surface area contributed by atoms with Gasteiger partial charge in [0.05, 0.1) is 23.3 Å². The summed E-state index contributed by atoms with van der Waals surface area (Å²) in [4.78, 5) is 21.3. The smallest absolute Gasteiger partial charge is 0.408 e. The van der Waals surface area contributed by atoms with Gasteiger partial charge in [-0.15, -0.1) is 0 Å². The molecule has 1 amide bonds. The molecule has 3 heterocycles. The molecule has 0 aliphatic rings. The van der Waals surface area contributed by atoms with Crippen molar-refractivity contribution in [2.45, 2.75) is 46.4 Å². The number of alkyl carbamates (subject to hydrolysis) is 1. The molecule has 9 heteroatoms. The summed E-state index contributed by atoms with van der Waals surface area (Å²) in [5.41, 5.74) is 9.86. The molecule has 4 aromatic rings. The summed E-state index contributed by atoms with van der Waals surface area (Å²) in [5, 5.41) is 10.7. The number of imidazole rings is 1. The van der Waals surface area contributed by atoms with Crippen LogP contribution in [-0.2, 0) is 17.8 Å². The number of aromatic amines is 1. The van der Waals surface area contributed by atoms with Gasteiger partial charge in [-0.1, -0.05) is 6.07 Å². The Hall–Kier alpha value is -3.62. The molecule has 0 saturated carbocycles. The topological polar surface area (TPSA) is 124 Å². The number of nitrogen functional groups attached to an aromatic ring is 1. The van der Waals surface area contributed by atoms with Crippen molar-refractivity contribution in [1.29, 1.82) is 0 Å². The maximum absolute atomic E-state index is 12.1. The largest absolute Gasteiger partial charge is 0.444 e. The number of anilines is 1. The molecule has 9 nitrogen and oxygen atoms in total. The standard InChI is InChI=1S/C21H25N7O2/c1-5-28-16(11-23-20(29)30-21(2,3)4)26-17-18(28)13-7-6-12(14-8-9-24-27-14)10-15(13)25-19(17)22/h6-10H,5,11H2,1-4H3,(H2,22,25)(H,23,29)(H,24,27). The zero-order chi connectivity index (χ0) is 21.5. The van der Waals surface area contributed by atoms with Gasteiger partial charge in [-0.25, -0.2) is 14.8 Å². The van der Waals surface area contributed by atoms with E-state index >= 15 is 0 Å². The number of nitrogens with one attached hydrogen (secondary N) is 2. The number of amides is 1. The number of H-pyrrole nitrogens is 1. The van der Waals surface area contributed by atoms with Gasteiger partial charge < -0.3 is 20.4 Å². The highest BCUT2D eigenvalue weighted by Crippen LogP contribution is 2.31. The summed E-state index contributed by atoms with van der Waals surface area (Å²) in [7, 11) is 0. The number of fused-ring (bicyclic) bond motifs is 3. The highest BCUT2D eigenvalue weighted by atomic mass is 16.6. The Labute approximate surface area is 173 Å². The third kappa shape index (κ3) is 3.66. The minimum atomic E-state index is -0.564. The number of ether oxygens (including phenoxy) is 1. The Bertz CT molecular complexity index is 1220. The second kappa shape index (κ2) is 7.33. The molecule has 0 radical (unpaired) electrons. The van der Waals surface area contributed by atoms with Crippen molar-refractivity contribution in [2.24, 2.45) is 0 Å². The van der Waals surface area contributed by atoms with Crippen LogP contribution in [0.15, 0.2) is 30.5 Å². The number of pyridine rings is 1. The molecule has 30 heavy (non-hydrogen) atoms. The van der Waals surface area contributed by atoms with E-state index in [-0.39, 0.29) is 6.54 Å². The van der Waals surface area contributed by atoms with Gasteiger partial charge in [0, 0.05) is 23.7 Å². The van der Waals surface area contributed by atoms with E-state index in [1.165, 1.54) is 0 Å². The first-order valence-corrected chi connectivity index (χ1v) is 9.81. The Kier molecular flexibility index (Phi) is 4.81. The van der Waals surface area contributed by atoms with Crippen molar-refractivity contribution < 1.29 is 9.53 Å². The zero-order valence-electron chi connectivity index (χ0n) is 17.5. The second-order valence-corrected chi connectivity index (χ2v) is 8.02. The lowest BCUT2D eigenvalue weighted by Crippen LogP contribution is -2.32. The summed E-state index contributed by atoms with van der Waals surface area (Å²) >= 11 is 0. The van der Waals surface area contributed by atoms with Gasteiger partial charge in [0.2, 0.25) is 0 Å². The highest BCUT2D eigenvalue weighted by molar-refractivity contribution is 6.07. The Morgan fingerprint density at radius 1 is 1.27 bits per heavy atom. The van der Waals surface area contributed by atoms with Gasteiger partial charge >= 0.3 is 6.09 Å². The van der Waals surface area contributed by atoms with Crippen molar-refractivity contribution >= 4 is 33.8 Å². The molecule has 0 aliphatic carbocycles. The van der Waals surface area contributed by atoms with Crippen LogP contribution >= 0.6 is 0 Å². The molecule has 1 aromatic carbocycles. The van der Waals surface area contributed by atoms with Crippen molar-refractivity contribution in [2.75, 3.05) is 5.73 Å². The van der Waals surface area contributed by atoms with Crippen molar-refractivity contribution in [1.82, 2.24) is 30.0 Å². The molecule has 0 aliphatic heterocycles. The number of carbonyl (C=O) groups excluding carboxylic acids is 1. The van der Waals surface area contributed by atoms with Crippen LogP contribution in [-0.4, -0.2) is 36.4 Å². The SMILES string of the molecule is CCn1c(CNC(=O)OC(C)(C)C)nc2c(N)nc3cc(-c4ccn[nH]4)ccc3c21. The average Bonchev–Trinajstić information content (AvgIpc) is 3.33. The van der Waals surface area contributed by atoms with Crippen molar-refractivity contribution in [3.63, 3.8) is 0 Å². The van der Waals surface area contributed by atoms with E-state index in [1.807, 2.05) is 56.5 Å². The van der Waals surface area contributed by atoms with Gasteiger partial charge in [-0.2, -0.15) is 5.10 Å². The maximum Gasteiger partial charge on any atom is 0.408 e. The molecular weight excluding hydrogens is 382 g/mol. The van der Waals surface area contributed by atoms with E-state index < -0.39 is 11.7 Å². The van der Waals surface area contributed by atoms with Crippen molar-refractivity contribution in [3.05, 3.63) is 36.3 Å². The molecule has 0 saturated heterocycles. The van der Waals surface area contributed by atoms with Gasteiger partial charge in [0.25, 0.3) is 0 Å². The highest BCUT2D eigenvalue weighted by Gasteiger charge is 2.19. The summed E-state index contributed by atoms with van der Waals surface area (Å²) in [6.45, 7) is 8.39. The number of hydrogen-bond acceptors (Lipinski definition) is 6. The van der Waals surface area contributed by atoms with Crippen LogP contribution < -0.4 is 11.1 Å². The van der Waals surface area contributed by atoms with Gasteiger partial charge in [-0.3, -0.25) is 5.10 Å². The molecule has 0 bridgehead atoms. The minimum Gasteiger partial charge on any atom is -0.444 e. The molecule has 0 atom stereocenters. The van der Waals surface area contributed by atoms with Crippen LogP contribution in [0, 0.1) is 0 Å². The van der Waals surface area contributed by atoms with E-state index in [9.17, 15) is 4.79 Å². The van der Waals surface area contributed by atoms with E-state index in [0.717, 1.165) is 27.7 Å². The predicted molar refractivity (Wildman–Crippen MR) is 116 cm³/mol. The predicted octanol–water partition coefficient (Wildman–Crippen LogP) is 3.60. The van der Waals surface area contributed by atoms with Crippen LogP contribution in [0.3, 0.4) is 0 Å². The fourth-order valence-corrected chi connectivity index (χ4v) is 3.48.